The van der Waals surface area contributed by atoms with Crippen molar-refractivity contribution >= 4 is 23.4 Å². The lowest BCUT2D eigenvalue weighted by Crippen LogP contribution is -2.39. The molecule has 15 heteroatoms. The van der Waals surface area contributed by atoms with Crippen molar-refractivity contribution in [3.8, 4) is 28.5 Å². The Kier molecular flexibility index (Phi) is 9.45. The number of halogens is 6. The molecule has 0 saturated heterocycles. The van der Waals surface area contributed by atoms with Gasteiger partial charge < -0.3 is 18.9 Å². The number of methoxy groups -OCH3 is 1. The van der Waals surface area contributed by atoms with Crippen molar-refractivity contribution in [1.82, 2.24) is 9.38 Å². The van der Waals surface area contributed by atoms with Gasteiger partial charge in [0.25, 0.3) is 0 Å². The number of esters is 1. The zero-order valence-electron chi connectivity index (χ0n) is 25.2. The SMILES string of the molecule is COC(=O)c1ccc(-c2cnc3c(N(CCC(F)(F)F)C(=O)OC(C)(C)C)cc(Oc4ccc(OC(F)(F)F)cc4)cn23)cc1C. The second-order valence-electron chi connectivity index (χ2n) is 11.0. The van der Waals surface area contributed by atoms with Gasteiger partial charge in [0.15, 0.2) is 5.65 Å². The highest BCUT2D eigenvalue weighted by Gasteiger charge is 2.33. The van der Waals surface area contributed by atoms with E-state index in [4.69, 9.17) is 14.2 Å². The minimum Gasteiger partial charge on any atom is -0.465 e. The van der Waals surface area contributed by atoms with Gasteiger partial charge in [0.2, 0.25) is 0 Å². The van der Waals surface area contributed by atoms with Gasteiger partial charge in [-0.2, -0.15) is 13.2 Å². The number of hydrogen-bond donors (Lipinski definition) is 0. The average molecular weight is 654 g/mol. The predicted molar refractivity (Wildman–Crippen MR) is 154 cm³/mol. The van der Waals surface area contributed by atoms with E-state index < -0.39 is 48.9 Å². The molecule has 0 bridgehead atoms. The number of aromatic nitrogens is 2. The van der Waals surface area contributed by atoms with Gasteiger partial charge in [-0.15, -0.1) is 13.2 Å². The molecule has 0 fully saturated rings. The van der Waals surface area contributed by atoms with Crippen molar-refractivity contribution in [2.45, 2.75) is 52.3 Å². The highest BCUT2D eigenvalue weighted by Crippen LogP contribution is 2.36. The van der Waals surface area contributed by atoms with Crippen LogP contribution in [0.2, 0.25) is 0 Å². The number of rotatable bonds is 8. The van der Waals surface area contributed by atoms with Crippen molar-refractivity contribution in [3.63, 3.8) is 0 Å². The van der Waals surface area contributed by atoms with E-state index in [0.717, 1.165) is 17.0 Å². The van der Waals surface area contributed by atoms with Crippen LogP contribution >= 0.6 is 0 Å². The minimum atomic E-state index is -4.91. The number of amides is 1. The highest BCUT2D eigenvalue weighted by atomic mass is 19.4. The number of fused-ring (bicyclic) bond motifs is 1. The van der Waals surface area contributed by atoms with E-state index in [1.165, 1.54) is 48.2 Å². The Bertz CT molecular complexity index is 1730. The number of hydrogen-bond acceptors (Lipinski definition) is 7. The maximum absolute atomic E-state index is 13.4. The molecule has 46 heavy (non-hydrogen) atoms. The van der Waals surface area contributed by atoms with Crippen LogP contribution in [0, 0.1) is 6.92 Å². The zero-order valence-corrected chi connectivity index (χ0v) is 25.2. The molecule has 2 aromatic heterocycles. The summed E-state index contributed by atoms with van der Waals surface area (Å²) < 4.78 is 99.5. The molecule has 0 atom stereocenters. The summed E-state index contributed by atoms with van der Waals surface area (Å²) in [6, 6.07) is 10.5. The van der Waals surface area contributed by atoms with E-state index in [1.807, 2.05) is 0 Å². The van der Waals surface area contributed by atoms with E-state index in [1.54, 1.807) is 39.8 Å². The molecule has 4 rings (SSSR count). The predicted octanol–water partition coefficient (Wildman–Crippen LogP) is 8.48. The van der Waals surface area contributed by atoms with Gasteiger partial charge in [0, 0.05) is 18.2 Å². The molecule has 9 nitrogen and oxygen atoms in total. The molecule has 0 radical (unpaired) electrons. The van der Waals surface area contributed by atoms with E-state index in [0.29, 0.717) is 22.4 Å². The molecule has 0 aliphatic heterocycles. The first-order chi connectivity index (χ1) is 21.3. The van der Waals surface area contributed by atoms with E-state index in [2.05, 4.69) is 9.72 Å². The third-order valence-electron chi connectivity index (χ3n) is 6.31. The monoisotopic (exact) mass is 653 g/mol. The lowest BCUT2D eigenvalue weighted by Gasteiger charge is -2.28. The third kappa shape index (κ3) is 8.61. The first kappa shape index (κ1) is 33.9. The Morgan fingerprint density at radius 2 is 1.57 bits per heavy atom. The molecule has 2 aromatic carbocycles. The van der Waals surface area contributed by atoms with Crippen molar-refractivity contribution in [2.24, 2.45) is 0 Å². The number of benzene rings is 2. The standard InChI is InChI=1S/C31H29F6N3O6/c1-18-14-19(6-11-23(18)27(41)43-5)25-16-38-26-24(39(13-12-30(32,33)34)28(42)46-29(2,3)4)15-22(17-40(25)26)44-20-7-9-21(10-8-20)45-31(35,36)37/h6-11,14-17H,12-13H2,1-5H3. The molecule has 246 valence electrons. The summed E-state index contributed by atoms with van der Waals surface area (Å²) in [6.45, 7) is 5.54. The molecular formula is C31H29F6N3O6. The Morgan fingerprint density at radius 1 is 0.913 bits per heavy atom. The fourth-order valence-corrected chi connectivity index (χ4v) is 4.39. The maximum atomic E-state index is 13.4. The van der Waals surface area contributed by atoms with Crippen LogP contribution in [0.5, 0.6) is 17.2 Å². The molecular weight excluding hydrogens is 624 g/mol. The van der Waals surface area contributed by atoms with Crippen molar-refractivity contribution in [2.75, 3.05) is 18.6 Å². The molecule has 0 spiro atoms. The number of aryl methyl sites for hydroxylation is 1. The van der Waals surface area contributed by atoms with Gasteiger partial charge >= 0.3 is 24.6 Å². The van der Waals surface area contributed by atoms with Crippen LogP contribution in [-0.4, -0.2) is 53.2 Å². The molecule has 4 aromatic rings. The average Bonchev–Trinajstić information content (AvgIpc) is 3.35. The largest absolute Gasteiger partial charge is 0.573 e. The number of imidazole rings is 1. The summed E-state index contributed by atoms with van der Waals surface area (Å²) in [6.07, 6.45) is -9.10. The summed E-state index contributed by atoms with van der Waals surface area (Å²) in [5, 5.41) is 0. The summed E-state index contributed by atoms with van der Waals surface area (Å²) >= 11 is 0. The van der Waals surface area contributed by atoms with Crippen molar-refractivity contribution in [3.05, 3.63) is 72.1 Å². The van der Waals surface area contributed by atoms with Crippen LogP contribution in [0.25, 0.3) is 16.9 Å². The number of ether oxygens (including phenoxy) is 4. The zero-order chi connectivity index (χ0) is 34.0. The first-order valence-corrected chi connectivity index (χ1v) is 13.6. The molecule has 0 aliphatic rings. The van der Waals surface area contributed by atoms with Gasteiger partial charge in [-0.1, -0.05) is 6.07 Å². The number of nitrogens with zero attached hydrogens (tertiary/aromatic N) is 3. The lowest BCUT2D eigenvalue weighted by atomic mass is 10.0. The Morgan fingerprint density at radius 3 is 2.13 bits per heavy atom. The smallest absolute Gasteiger partial charge is 0.465 e. The Balaban J connectivity index is 1.87. The second kappa shape index (κ2) is 12.8. The summed E-state index contributed by atoms with van der Waals surface area (Å²) in [7, 11) is 1.25. The molecule has 0 saturated carbocycles. The molecule has 0 N–H and O–H groups in total. The topological polar surface area (TPSA) is 91.6 Å². The molecule has 2 heterocycles. The van der Waals surface area contributed by atoms with Gasteiger partial charge in [-0.3, -0.25) is 9.30 Å². The number of carbonyl (C=O) groups is 2. The fourth-order valence-electron chi connectivity index (χ4n) is 4.39. The maximum Gasteiger partial charge on any atom is 0.573 e. The molecule has 1 amide bonds. The minimum absolute atomic E-state index is 0.00490. The summed E-state index contributed by atoms with van der Waals surface area (Å²) in [5.74, 6) is -1.00. The van der Waals surface area contributed by atoms with Crippen LogP contribution in [0.4, 0.5) is 36.8 Å². The third-order valence-corrected chi connectivity index (χ3v) is 6.31. The highest BCUT2D eigenvalue weighted by molar-refractivity contribution is 5.94. The van der Waals surface area contributed by atoms with Crippen molar-refractivity contribution < 1.29 is 54.9 Å². The van der Waals surface area contributed by atoms with Crippen LogP contribution in [0.1, 0.15) is 43.1 Å². The van der Waals surface area contributed by atoms with Crippen LogP contribution in [-0.2, 0) is 9.47 Å². The van der Waals surface area contributed by atoms with Gasteiger partial charge in [0.05, 0.1) is 42.9 Å². The van der Waals surface area contributed by atoms with Crippen molar-refractivity contribution in [1.29, 1.82) is 0 Å². The van der Waals surface area contributed by atoms with Gasteiger partial charge in [0.1, 0.15) is 22.8 Å². The number of pyridine rings is 1. The number of carbonyl (C=O) groups excluding carboxylic acids is 2. The number of alkyl halides is 6. The summed E-state index contributed by atoms with van der Waals surface area (Å²) in [4.78, 5) is 30.6. The van der Waals surface area contributed by atoms with Crippen LogP contribution < -0.4 is 14.4 Å². The van der Waals surface area contributed by atoms with E-state index in [9.17, 15) is 35.9 Å². The van der Waals surface area contributed by atoms with E-state index in [-0.39, 0.29) is 22.8 Å². The fraction of sp³-hybridized carbons (Fsp3) is 0.323. The summed E-state index contributed by atoms with van der Waals surface area (Å²) in [5.41, 5.74) is 0.752. The second-order valence-corrected chi connectivity index (χ2v) is 11.0. The van der Waals surface area contributed by atoms with Gasteiger partial charge in [-0.05, 0) is 69.7 Å². The van der Waals surface area contributed by atoms with Gasteiger partial charge in [-0.25, -0.2) is 14.6 Å². The Hall–Kier alpha value is -4.95. The Labute approximate surface area is 259 Å². The lowest BCUT2D eigenvalue weighted by molar-refractivity contribution is -0.274. The van der Waals surface area contributed by atoms with Crippen LogP contribution in [0.3, 0.4) is 0 Å². The quantitative estimate of drug-likeness (QED) is 0.139. The van der Waals surface area contributed by atoms with E-state index >= 15 is 0 Å². The molecule has 0 unspecified atom stereocenters. The first-order valence-electron chi connectivity index (χ1n) is 13.6. The number of anilines is 1. The molecule has 0 aliphatic carbocycles. The normalized spacial score (nSPS) is 12.2. The van der Waals surface area contributed by atoms with Crippen LogP contribution in [0.15, 0.2) is 60.9 Å².